The van der Waals surface area contributed by atoms with Crippen molar-refractivity contribution in [2.75, 3.05) is 27.2 Å². The molecular weight excluding hydrogens is 352 g/mol. The third-order valence-corrected chi connectivity index (χ3v) is 5.88. The number of rotatable bonds is 3. The van der Waals surface area contributed by atoms with E-state index in [0.717, 1.165) is 37.3 Å². The molecule has 2 aliphatic rings. The van der Waals surface area contributed by atoms with Crippen molar-refractivity contribution in [1.29, 1.82) is 5.26 Å². The van der Waals surface area contributed by atoms with Crippen molar-refractivity contribution in [3.05, 3.63) is 69.6 Å². The second kappa shape index (κ2) is 7.25. The maximum Gasteiger partial charge on any atom is 0.251 e. The van der Waals surface area contributed by atoms with E-state index in [9.17, 15) is 9.59 Å². The molecule has 1 amide bonds. The van der Waals surface area contributed by atoms with E-state index in [4.69, 9.17) is 5.26 Å². The number of piperidine rings is 1. The quantitative estimate of drug-likeness (QED) is 0.821. The Labute approximate surface area is 164 Å². The third kappa shape index (κ3) is 3.23. The van der Waals surface area contributed by atoms with Crippen LogP contribution in [0.3, 0.4) is 0 Å². The van der Waals surface area contributed by atoms with Gasteiger partial charge in [-0.1, -0.05) is 18.2 Å². The minimum Gasteiger partial charge on any atom is -0.347 e. The molecule has 0 unspecified atom stereocenters. The highest BCUT2D eigenvalue weighted by molar-refractivity contribution is 5.80. The van der Waals surface area contributed by atoms with Crippen LogP contribution in [-0.2, 0) is 11.3 Å². The third-order valence-electron chi connectivity index (χ3n) is 5.88. The summed E-state index contributed by atoms with van der Waals surface area (Å²) in [6.07, 6.45) is 0.919. The number of amides is 1. The molecule has 6 nitrogen and oxygen atoms in total. The van der Waals surface area contributed by atoms with Gasteiger partial charge in [-0.2, -0.15) is 5.26 Å². The van der Waals surface area contributed by atoms with E-state index in [0.29, 0.717) is 5.56 Å². The Morgan fingerprint density at radius 1 is 1.21 bits per heavy atom. The predicted octanol–water partition coefficient (Wildman–Crippen LogP) is 1.97. The molecule has 0 radical (unpaired) electrons. The van der Waals surface area contributed by atoms with Crippen molar-refractivity contribution in [3.8, 4) is 6.07 Å². The van der Waals surface area contributed by atoms with Gasteiger partial charge in [-0.3, -0.25) is 19.1 Å². The summed E-state index contributed by atoms with van der Waals surface area (Å²) in [5.41, 5.74) is 2.62. The van der Waals surface area contributed by atoms with Crippen LogP contribution in [0.5, 0.6) is 0 Å². The van der Waals surface area contributed by atoms with Crippen molar-refractivity contribution in [1.82, 2.24) is 14.4 Å². The van der Waals surface area contributed by atoms with E-state index in [2.05, 4.69) is 11.0 Å². The molecule has 0 spiro atoms. The smallest absolute Gasteiger partial charge is 0.251 e. The average Bonchev–Trinajstić information content (AvgIpc) is 2.68. The number of pyridine rings is 1. The van der Waals surface area contributed by atoms with Gasteiger partial charge in [0.25, 0.3) is 5.56 Å². The molecule has 144 valence electrons. The van der Waals surface area contributed by atoms with Gasteiger partial charge in [-0.25, -0.2) is 0 Å². The van der Waals surface area contributed by atoms with Crippen LogP contribution in [-0.4, -0.2) is 47.5 Å². The van der Waals surface area contributed by atoms with Gasteiger partial charge >= 0.3 is 0 Å². The first-order chi connectivity index (χ1) is 13.5. The van der Waals surface area contributed by atoms with E-state index in [1.54, 1.807) is 35.7 Å². The van der Waals surface area contributed by atoms with Crippen LogP contribution >= 0.6 is 0 Å². The summed E-state index contributed by atoms with van der Waals surface area (Å²) in [5.74, 6) is 0.310. The summed E-state index contributed by atoms with van der Waals surface area (Å²) in [5, 5.41) is 9.14. The van der Waals surface area contributed by atoms with E-state index in [1.807, 2.05) is 30.3 Å². The van der Waals surface area contributed by atoms with Gasteiger partial charge < -0.3 is 4.90 Å². The molecule has 1 aromatic heterocycles. The number of likely N-dealkylation sites (N-methyl/N-ethyl adjacent to an activating group) is 1. The standard InChI is InChI=1S/C22H24N4O2/c1-24(2)22(28)21-18-10-17(19-7-4-8-20(27)26(19)21)13-25(14-18)12-16-6-3-5-15(9-16)11-23/h3-9,17-18,21H,10,12-14H2,1-2H3/t17-,18+,21-/m1/s1. The Morgan fingerprint density at radius 3 is 2.75 bits per heavy atom. The van der Waals surface area contributed by atoms with Crippen molar-refractivity contribution in [3.63, 3.8) is 0 Å². The minimum atomic E-state index is -0.455. The molecule has 1 fully saturated rings. The topological polar surface area (TPSA) is 69.3 Å². The molecule has 0 aliphatic carbocycles. The summed E-state index contributed by atoms with van der Waals surface area (Å²) in [6.45, 7) is 2.35. The Bertz CT molecular complexity index is 1000. The summed E-state index contributed by atoms with van der Waals surface area (Å²) < 4.78 is 1.73. The first kappa shape index (κ1) is 18.5. The molecule has 2 bridgehead atoms. The molecular formula is C22H24N4O2. The van der Waals surface area contributed by atoms with Gasteiger partial charge in [-0.15, -0.1) is 0 Å². The number of fused-ring (bicyclic) bond motifs is 4. The van der Waals surface area contributed by atoms with Gasteiger partial charge in [0.2, 0.25) is 5.91 Å². The monoisotopic (exact) mass is 376 g/mol. The molecule has 4 rings (SSSR count). The maximum absolute atomic E-state index is 13.0. The number of likely N-dealkylation sites (tertiary alicyclic amines) is 1. The van der Waals surface area contributed by atoms with Gasteiger partial charge in [0.1, 0.15) is 6.04 Å². The fourth-order valence-electron chi connectivity index (χ4n) is 4.74. The molecule has 0 N–H and O–H groups in total. The number of hydrogen-bond acceptors (Lipinski definition) is 4. The highest BCUT2D eigenvalue weighted by atomic mass is 16.2. The molecule has 3 heterocycles. The van der Waals surface area contributed by atoms with Crippen molar-refractivity contribution in [2.24, 2.45) is 5.92 Å². The van der Waals surface area contributed by atoms with Gasteiger partial charge in [0.15, 0.2) is 0 Å². The highest BCUT2D eigenvalue weighted by Crippen LogP contribution is 2.41. The number of hydrogen-bond donors (Lipinski definition) is 0. The zero-order valence-electron chi connectivity index (χ0n) is 16.2. The fourth-order valence-corrected chi connectivity index (χ4v) is 4.74. The highest BCUT2D eigenvalue weighted by Gasteiger charge is 2.44. The van der Waals surface area contributed by atoms with E-state index >= 15 is 0 Å². The van der Waals surface area contributed by atoms with Crippen LogP contribution in [0.25, 0.3) is 0 Å². The molecule has 1 saturated heterocycles. The maximum atomic E-state index is 13.0. The Hall–Kier alpha value is -2.91. The largest absolute Gasteiger partial charge is 0.347 e. The molecule has 1 aromatic carbocycles. The second-order valence-corrected chi connectivity index (χ2v) is 8.04. The summed E-state index contributed by atoms with van der Waals surface area (Å²) in [6, 6.07) is 14.7. The zero-order chi connectivity index (χ0) is 19.8. The minimum absolute atomic E-state index is 0.0219. The Balaban J connectivity index is 1.68. The SMILES string of the molecule is CN(C)C(=O)[C@H]1[C@H]2C[C@H](CN(Cc3cccc(C#N)c3)C2)c2cccc(=O)n21. The lowest BCUT2D eigenvalue weighted by Crippen LogP contribution is -2.52. The number of carbonyl (C=O) groups excluding carboxylic acids is 1. The first-order valence-electron chi connectivity index (χ1n) is 9.62. The van der Waals surface area contributed by atoms with Gasteiger partial charge in [-0.05, 0) is 30.2 Å². The lowest BCUT2D eigenvalue weighted by Gasteiger charge is -2.46. The Morgan fingerprint density at radius 2 is 2.00 bits per heavy atom. The lowest BCUT2D eigenvalue weighted by molar-refractivity contribution is -0.135. The van der Waals surface area contributed by atoms with E-state index in [-0.39, 0.29) is 23.3 Å². The van der Waals surface area contributed by atoms with Gasteiger partial charge in [0, 0.05) is 57.3 Å². The number of nitriles is 1. The molecule has 2 aliphatic heterocycles. The van der Waals surface area contributed by atoms with Crippen LogP contribution in [0.4, 0.5) is 0 Å². The van der Waals surface area contributed by atoms with Crippen LogP contribution in [0, 0.1) is 17.2 Å². The molecule has 0 saturated carbocycles. The predicted molar refractivity (Wildman–Crippen MR) is 106 cm³/mol. The second-order valence-electron chi connectivity index (χ2n) is 8.04. The van der Waals surface area contributed by atoms with Gasteiger partial charge in [0.05, 0.1) is 11.6 Å². The number of benzene rings is 1. The van der Waals surface area contributed by atoms with Crippen LogP contribution in [0.15, 0.2) is 47.3 Å². The van der Waals surface area contributed by atoms with Crippen molar-refractivity contribution in [2.45, 2.75) is 24.9 Å². The van der Waals surface area contributed by atoms with Crippen molar-refractivity contribution < 1.29 is 4.79 Å². The van der Waals surface area contributed by atoms with Crippen molar-refractivity contribution >= 4 is 5.91 Å². The van der Waals surface area contributed by atoms with Crippen LogP contribution in [0.2, 0.25) is 0 Å². The normalized spacial score (nSPS) is 23.5. The number of carbonyl (C=O) groups is 1. The summed E-state index contributed by atoms with van der Waals surface area (Å²) in [7, 11) is 3.49. The summed E-state index contributed by atoms with van der Waals surface area (Å²) in [4.78, 5) is 29.5. The first-order valence-corrected chi connectivity index (χ1v) is 9.62. The average molecular weight is 376 g/mol. The van der Waals surface area contributed by atoms with Crippen LogP contribution in [0.1, 0.15) is 35.2 Å². The lowest BCUT2D eigenvalue weighted by atomic mass is 9.78. The molecule has 2 aromatic rings. The Kier molecular flexibility index (Phi) is 4.78. The zero-order valence-corrected chi connectivity index (χ0v) is 16.2. The summed E-state index contributed by atoms with van der Waals surface area (Å²) >= 11 is 0. The molecule has 3 atom stereocenters. The van der Waals surface area contributed by atoms with E-state index in [1.165, 1.54) is 0 Å². The van der Waals surface area contributed by atoms with Crippen LogP contribution < -0.4 is 5.56 Å². The van der Waals surface area contributed by atoms with E-state index < -0.39 is 6.04 Å². The number of nitrogens with zero attached hydrogens (tertiary/aromatic N) is 4. The number of aromatic nitrogens is 1. The fraction of sp³-hybridized carbons (Fsp3) is 0.409. The molecule has 6 heteroatoms. The molecule has 28 heavy (non-hydrogen) atoms.